The molecule has 0 amide bonds. The fourth-order valence-electron chi connectivity index (χ4n) is 1.92. The van der Waals surface area contributed by atoms with Crippen molar-refractivity contribution in [3.8, 4) is 5.88 Å². The number of ether oxygens (including phenoxy) is 2. The first-order valence-electron chi connectivity index (χ1n) is 6.74. The first-order valence-corrected chi connectivity index (χ1v) is 7.12. The molecule has 0 aromatic carbocycles. The summed E-state index contributed by atoms with van der Waals surface area (Å²) in [6, 6.07) is 1.91. The van der Waals surface area contributed by atoms with Gasteiger partial charge >= 0.3 is 0 Å². The summed E-state index contributed by atoms with van der Waals surface area (Å²) in [7, 11) is 0. The second-order valence-electron chi connectivity index (χ2n) is 5.26. The number of rotatable bonds is 6. The summed E-state index contributed by atoms with van der Waals surface area (Å²) in [6.45, 7) is 7.49. The molecule has 0 radical (unpaired) electrons. The van der Waals surface area contributed by atoms with Gasteiger partial charge in [0.1, 0.15) is 11.1 Å². The van der Waals surface area contributed by atoms with Crippen LogP contribution in [0.3, 0.4) is 0 Å². The molecule has 19 heavy (non-hydrogen) atoms. The highest BCUT2D eigenvalue weighted by atomic mass is 35.5. The maximum atomic E-state index is 6.19. The molecule has 1 aromatic rings. The van der Waals surface area contributed by atoms with Gasteiger partial charge in [0.25, 0.3) is 0 Å². The van der Waals surface area contributed by atoms with Crippen molar-refractivity contribution in [2.24, 2.45) is 5.92 Å². The van der Waals surface area contributed by atoms with Crippen molar-refractivity contribution in [1.82, 2.24) is 10.3 Å². The van der Waals surface area contributed by atoms with E-state index in [1.807, 2.05) is 12.3 Å². The summed E-state index contributed by atoms with van der Waals surface area (Å²) in [5.41, 5.74) is 1.07. The van der Waals surface area contributed by atoms with Crippen molar-refractivity contribution in [2.45, 2.75) is 32.9 Å². The Kier molecular flexibility index (Phi) is 5.43. The molecule has 2 rings (SSSR count). The topological polar surface area (TPSA) is 43.4 Å². The third kappa shape index (κ3) is 4.64. The van der Waals surface area contributed by atoms with Crippen LogP contribution in [0.4, 0.5) is 0 Å². The van der Waals surface area contributed by atoms with Crippen LogP contribution in [0.25, 0.3) is 0 Å². The smallest absolute Gasteiger partial charge is 0.232 e. The molecule has 1 fully saturated rings. The molecule has 106 valence electrons. The van der Waals surface area contributed by atoms with Crippen LogP contribution in [-0.2, 0) is 11.3 Å². The maximum Gasteiger partial charge on any atom is 0.232 e. The molecule has 1 N–H and O–H groups in total. The van der Waals surface area contributed by atoms with E-state index in [0.717, 1.165) is 31.7 Å². The van der Waals surface area contributed by atoms with Gasteiger partial charge in [-0.05, 0) is 24.1 Å². The molecule has 2 heterocycles. The third-order valence-corrected chi connectivity index (χ3v) is 3.18. The Morgan fingerprint density at radius 3 is 3.05 bits per heavy atom. The normalized spacial score (nSPS) is 19.1. The molecule has 0 aliphatic carbocycles. The van der Waals surface area contributed by atoms with Gasteiger partial charge in [-0.15, -0.1) is 0 Å². The lowest BCUT2D eigenvalue weighted by Crippen LogP contribution is -2.19. The zero-order valence-electron chi connectivity index (χ0n) is 11.5. The summed E-state index contributed by atoms with van der Waals surface area (Å²) in [4.78, 5) is 4.29. The van der Waals surface area contributed by atoms with Crippen LogP contribution in [-0.4, -0.2) is 30.8 Å². The molecule has 1 aromatic heterocycles. The number of aromatic nitrogens is 1. The van der Waals surface area contributed by atoms with Crippen LogP contribution < -0.4 is 10.1 Å². The summed E-state index contributed by atoms with van der Waals surface area (Å²) >= 11 is 6.19. The van der Waals surface area contributed by atoms with Gasteiger partial charge in [0, 0.05) is 19.2 Å². The minimum Gasteiger partial charge on any atom is -0.471 e. The maximum absolute atomic E-state index is 6.19. The van der Waals surface area contributed by atoms with E-state index in [4.69, 9.17) is 21.1 Å². The third-order valence-electron chi connectivity index (χ3n) is 2.91. The fourth-order valence-corrected chi connectivity index (χ4v) is 2.15. The van der Waals surface area contributed by atoms with E-state index in [-0.39, 0.29) is 6.10 Å². The number of hydrogen-bond donors (Lipinski definition) is 1. The summed E-state index contributed by atoms with van der Waals surface area (Å²) in [5, 5.41) is 3.93. The predicted octanol–water partition coefficient (Wildman–Crippen LogP) is 2.65. The van der Waals surface area contributed by atoms with Crippen molar-refractivity contribution >= 4 is 11.6 Å². The van der Waals surface area contributed by atoms with E-state index >= 15 is 0 Å². The first-order chi connectivity index (χ1) is 9.15. The summed E-state index contributed by atoms with van der Waals surface area (Å²) < 4.78 is 11.0. The van der Waals surface area contributed by atoms with Crippen molar-refractivity contribution in [2.75, 3.05) is 19.8 Å². The zero-order valence-corrected chi connectivity index (χ0v) is 12.2. The van der Waals surface area contributed by atoms with E-state index in [0.29, 0.717) is 23.4 Å². The van der Waals surface area contributed by atoms with Crippen LogP contribution in [0.1, 0.15) is 25.8 Å². The quantitative estimate of drug-likeness (QED) is 0.872. The number of halogens is 1. The SMILES string of the molecule is CC(C)CNCc1cnc(OC2CCOC2)c(Cl)c1. The monoisotopic (exact) mass is 284 g/mol. The van der Waals surface area contributed by atoms with Crippen LogP contribution >= 0.6 is 11.6 Å². The first kappa shape index (κ1) is 14.6. The van der Waals surface area contributed by atoms with E-state index in [2.05, 4.69) is 24.1 Å². The van der Waals surface area contributed by atoms with Gasteiger partial charge in [-0.3, -0.25) is 0 Å². The highest BCUT2D eigenvalue weighted by molar-refractivity contribution is 6.31. The number of hydrogen-bond acceptors (Lipinski definition) is 4. The van der Waals surface area contributed by atoms with Gasteiger partial charge in [-0.1, -0.05) is 25.4 Å². The number of nitrogens with zero attached hydrogens (tertiary/aromatic N) is 1. The predicted molar refractivity (Wildman–Crippen MR) is 75.6 cm³/mol. The van der Waals surface area contributed by atoms with Crippen molar-refractivity contribution < 1.29 is 9.47 Å². The average molecular weight is 285 g/mol. The molecule has 1 unspecified atom stereocenters. The van der Waals surface area contributed by atoms with E-state index in [1.54, 1.807) is 0 Å². The van der Waals surface area contributed by atoms with Crippen LogP contribution in [0, 0.1) is 5.92 Å². The molecule has 0 saturated carbocycles. The largest absolute Gasteiger partial charge is 0.471 e. The Morgan fingerprint density at radius 1 is 1.58 bits per heavy atom. The molecule has 5 heteroatoms. The van der Waals surface area contributed by atoms with E-state index in [1.165, 1.54) is 0 Å². The number of pyridine rings is 1. The van der Waals surface area contributed by atoms with Gasteiger partial charge in [0.2, 0.25) is 5.88 Å². The Balaban J connectivity index is 1.88. The second-order valence-corrected chi connectivity index (χ2v) is 5.67. The summed E-state index contributed by atoms with van der Waals surface area (Å²) in [5.74, 6) is 1.14. The fraction of sp³-hybridized carbons (Fsp3) is 0.643. The highest BCUT2D eigenvalue weighted by Gasteiger charge is 2.19. The molecule has 1 atom stereocenters. The van der Waals surface area contributed by atoms with Crippen molar-refractivity contribution in [1.29, 1.82) is 0 Å². The standard InChI is InChI=1S/C14H21ClN2O2/c1-10(2)6-16-7-11-5-13(15)14(17-8-11)19-12-3-4-18-9-12/h5,8,10,12,16H,3-4,6-7,9H2,1-2H3. The zero-order chi connectivity index (χ0) is 13.7. The molecular formula is C14H21ClN2O2. The highest BCUT2D eigenvalue weighted by Crippen LogP contribution is 2.25. The Hall–Kier alpha value is -0.840. The summed E-state index contributed by atoms with van der Waals surface area (Å²) in [6.07, 6.45) is 2.79. The van der Waals surface area contributed by atoms with Gasteiger partial charge in [-0.25, -0.2) is 4.98 Å². The number of nitrogens with one attached hydrogen (secondary N) is 1. The van der Waals surface area contributed by atoms with Gasteiger partial charge in [-0.2, -0.15) is 0 Å². The van der Waals surface area contributed by atoms with Crippen LogP contribution in [0.15, 0.2) is 12.3 Å². The van der Waals surface area contributed by atoms with Gasteiger partial charge in [0.15, 0.2) is 0 Å². The molecule has 0 bridgehead atoms. The van der Waals surface area contributed by atoms with Gasteiger partial charge in [0.05, 0.1) is 13.2 Å². The Bertz CT molecular complexity index is 406. The molecule has 4 nitrogen and oxygen atoms in total. The lowest BCUT2D eigenvalue weighted by molar-refractivity contribution is 0.138. The van der Waals surface area contributed by atoms with Crippen LogP contribution in [0.5, 0.6) is 5.88 Å². The van der Waals surface area contributed by atoms with Gasteiger partial charge < -0.3 is 14.8 Å². The van der Waals surface area contributed by atoms with Crippen molar-refractivity contribution in [3.63, 3.8) is 0 Å². The molecule has 1 saturated heterocycles. The average Bonchev–Trinajstić information content (AvgIpc) is 2.85. The minimum absolute atomic E-state index is 0.0786. The lowest BCUT2D eigenvalue weighted by Gasteiger charge is -2.13. The van der Waals surface area contributed by atoms with Crippen LogP contribution in [0.2, 0.25) is 5.02 Å². The van der Waals surface area contributed by atoms with E-state index in [9.17, 15) is 0 Å². The molecule has 1 aliphatic rings. The Labute approximate surface area is 119 Å². The van der Waals surface area contributed by atoms with E-state index < -0.39 is 0 Å². The second kappa shape index (κ2) is 7.08. The minimum atomic E-state index is 0.0786. The molecule has 0 spiro atoms. The molecule has 1 aliphatic heterocycles. The lowest BCUT2D eigenvalue weighted by atomic mass is 10.2. The molecular weight excluding hydrogens is 264 g/mol. The Morgan fingerprint density at radius 2 is 2.42 bits per heavy atom. The van der Waals surface area contributed by atoms with Crippen molar-refractivity contribution in [3.05, 3.63) is 22.8 Å².